The van der Waals surface area contributed by atoms with Crippen molar-refractivity contribution in [3.8, 4) is 0 Å². The lowest BCUT2D eigenvalue weighted by atomic mass is 10.3. The number of hydrogen-bond donors (Lipinski definition) is 1. The first-order chi connectivity index (χ1) is 10.1. The summed E-state index contributed by atoms with van der Waals surface area (Å²) in [6.07, 6.45) is 5.12. The molecule has 6 nitrogen and oxygen atoms in total. The lowest BCUT2D eigenvalue weighted by molar-refractivity contribution is 0.291. The second-order valence-corrected chi connectivity index (χ2v) is 5.29. The summed E-state index contributed by atoms with van der Waals surface area (Å²) in [6.45, 7) is 9.44. The summed E-state index contributed by atoms with van der Waals surface area (Å²) in [6, 6.07) is 0. The third-order valence-corrected chi connectivity index (χ3v) is 3.45. The summed E-state index contributed by atoms with van der Waals surface area (Å²) >= 11 is 0. The van der Waals surface area contributed by atoms with Crippen LogP contribution in [0, 0.1) is 0 Å². The largest absolute Gasteiger partial charge is 0.355 e. The van der Waals surface area contributed by atoms with Gasteiger partial charge in [0.15, 0.2) is 5.96 Å². The first-order valence-electron chi connectivity index (χ1n) is 7.72. The molecule has 1 aromatic heterocycles. The van der Waals surface area contributed by atoms with Crippen LogP contribution in [0.25, 0.3) is 0 Å². The van der Waals surface area contributed by atoms with Gasteiger partial charge in [-0.3, -0.25) is 9.67 Å². The Hall–Kier alpha value is -1.56. The van der Waals surface area contributed by atoms with Crippen molar-refractivity contribution in [3.63, 3.8) is 0 Å². The van der Waals surface area contributed by atoms with Crippen molar-refractivity contribution < 1.29 is 0 Å². The van der Waals surface area contributed by atoms with Crippen LogP contribution in [-0.2, 0) is 13.6 Å². The van der Waals surface area contributed by atoms with Gasteiger partial charge in [0, 0.05) is 52.5 Å². The molecular weight excluding hydrogens is 264 g/mol. The first kappa shape index (κ1) is 17.5. The molecule has 0 radical (unpaired) electrons. The SMILES string of the molecule is CCCN(CC)CCNC(=NC)N(C)Cc1cnn(C)c1. The van der Waals surface area contributed by atoms with E-state index in [2.05, 4.69) is 39.1 Å². The van der Waals surface area contributed by atoms with Crippen LogP contribution in [0.2, 0.25) is 0 Å². The maximum absolute atomic E-state index is 4.35. The van der Waals surface area contributed by atoms with E-state index in [1.165, 1.54) is 12.0 Å². The van der Waals surface area contributed by atoms with Gasteiger partial charge in [0.2, 0.25) is 0 Å². The number of guanidine groups is 1. The Morgan fingerprint density at radius 3 is 2.67 bits per heavy atom. The van der Waals surface area contributed by atoms with Crippen LogP contribution in [0.15, 0.2) is 17.4 Å². The molecule has 0 aromatic carbocycles. The molecule has 0 saturated carbocycles. The fraction of sp³-hybridized carbons (Fsp3) is 0.733. The molecule has 0 bridgehead atoms. The molecular formula is C15H30N6. The molecule has 1 aromatic rings. The van der Waals surface area contributed by atoms with Crippen molar-refractivity contribution in [1.82, 2.24) is 24.9 Å². The second kappa shape index (κ2) is 9.39. The van der Waals surface area contributed by atoms with Crippen LogP contribution in [-0.4, -0.2) is 65.8 Å². The van der Waals surface area contributed by atoms with Gasteiger partial charge in [0.1, 0.15) is 0 Å². The van der Waals surface area contributed by atoms with Crippen LogP contribution < -0.4 is 5.32 Å². The molecule has 6 heteroatoms. The van der Waals surface area contributed by atoms with Gasteiger partial charge in [-0.15, -0.1) is 0 Å². The minimum Gasteiger partial charge on any atom is -0.355 e. The summed E-state index contributed by atoms with van der Waals surface area (Å²) in [5, 5.41) is 7.62. The normalized spacial score (nSPS) is 12.0. The van der Waals surface area contributed by atoms with Crippen LogP contribution in [0.3, 0.4) is 0 Å². The summed E-state index contributed by atoms with van der Waals surface area (Å²) in [4.78, 5) is 8.91. The zero-order chi connectivity index (χ0) is 15.7. The van der Waals surface area contributed by atoms with Crippen molar-refractivity contribution in [3.05, 3.63) is 18.0 Å². The molecule has 0 aliphatic heterocycles. The number of aryl methyl sites for hydroxylation is 1. The van der Waals surface area contributed by atoms with Gasteiger partial charge in [0.05, 0.1) is 6.20 Å². The Balaban J connectivity index is 2.40. The smallest absolute Gasteiger partial charge is 0.193 e. The van der Waals surface area contributed by atoms with Crippen molar-refractivity contribution in [1.29, 1.82) is 0 Å². The maximum Gasteiger partial charge on any atom is 0.193 e. The van der Waals surface area contributed by atoms with Gasteiger partial charge >= 0.3 is 0 Å². The molecule has 120 valence electrons. The molecule has 1 heterocycles. The predicted octanol–water partition coefficient (Wildman–Crippen LogP) is 1.16. The van der Waals surface area contributed by atoms with Crippen LogP contribution in [0.5, 0.6) is 0 Å². The van der Waals surface area contributed by atoms with Crippen molar-refractivity contribution in [2.24, 2.45) is 12.0 Å². The third kappa shape index (κ3) is 6.16. The Kier molecular flexibility index (Phi) is 7.82. The number of nitrogens with zero attached hydrogens (tertiary/aromatic N) is 5. The highest BCUT2D eigenvalue weighted by molar-refractivity contribution is 5.79. The van der Waals surface area contributed by atoms with E-state index in [0.29, 0.717) is 0 Å². The highest BCUT2D eigenvalue weighted by Crippen LogP contribution is 2.01. The highest BCUT2D eigenvalue weighted by Gasteiger charge is 2.08. The molecule has 21 heavy (non-hydrogen) atoms. The molecule has 0 fully saturated rings. The Bertz CT molecular complexity index is 426. The third-order valence-electron chi connectivity index (χ3n) is 3.45. The van der Waals surface area contributed by atoms with E-state index in [0.717, 1.165) is 38.7 Å². The molecule has 0 atom stereocenters. The molecule has 1 N–H and O–H groups in total. The van der Waals surface area contributed by atoms with Crippen molar-refractivity contribution >= 4 is 5.96 Å². The van der Waals surface area contributed by atoms with E-state index in [-0.39, 0.29) is 0 Å². The van der Waals surface area contributed by atoms with Crippen LogP contribution in [0.1, 0.15) is 25.8 Å². The number of nitrogens with one attached hydrogen (secondary N) is 1. The topological polar surface area (TPSA) is 48.7 Å². The molecule has 0 spiro atoms. The lowest BCUT2D eigenvalue weighted by Gasteiger charge is -2.24. The van der Waals surface area contributed by atoms with Gasteiger partial charge in [-0.25, -0.2) is 0 Å². The van der Waals surface area contributed by atoms with Gasteiger partial charge in [-0.1, -0.05) is 13.8 Å². The van der Waals surface area contributed by atoms with Gasteiger partial charge in [-0.05, 0) is 19.5 Å². The van der Waals surface area contributed by atoms with Crippen LogP contribution in [0.4, 0.5) is 0 Å². The molecule has 0 amide bonds. The quantitative estimate of drug-likeness (QED) is 0.577. The summed E-state index contributed by atoms with van der Waals surface area (Å²) < 4.78 is 1.82. The Morgan fingerprint density at radius 2 is 2.14 bits per heavy atom. The average Bonchev–Trinajstić information content (AvgIpc) is 2.87. The second-order valence-electron chi connectivity index (χ2n) is 5.29. The number of likely N-dealkylation sites (N-methyl/N-ethyl adjacent to an activating group) is 1. The molecule has 0 aliphatic rings. The van der Waals surface area contributed by atoms with E-state index >= 15 is 0 Å². The zero-order valence-electron chi connectivity index (χ0n) is 14.1. The van der Waals surface area contributed by atoms with Crippen LogP contribution >= 0.6 is 0 Å². The van der Waals surface area contributed by atoms with Crippen molar-refractivity contribution in [2.75, 3.05) is 40.3 Å². The fourth-order valence-electron chi connectivity index (χ4n) is 2.36. The predicted molar refractivity (Wildman–Crippen MR) is 88.4 cm³/mol. The summed E-state index contributed by atoms with van der Waals surface area (Å²) in [5.41, 5.74) is 1.18. The van der Waals surface area contributed by atoms with Gasteiger partial charge in [0.25, 0.3) is 0 Å². The van der Waals surface area contributed by atoms with Gasteiger partial charge in [-0.2, -0.15) is 5.10 Å². The molecule has 1 rings (SSSR count). The van der Waals surface area contributed by atoms with Crippen molar-refractivity contribution in [2.45, 2.75) is 26.8 Å². The molecule has 0 aliphatic carbocycles. The number of aliphatic imine (C=N–C) groups is 1. The minimum absolute atomic E-state index is 0.806. The zero-order valence-corrected chi connectivity index (χ0v) is 14.1. The average molecular weight is 294 g/mol. The molecule has 0 saturated heterocycles. The monoisotopic (exact) mass is 294 g/mol. The number of rotatable bonds is 8. The van der Waals surface area contributed by atoms with E-state index in [9.17, 15) is 0 Å². The summed E-state index contributed by atoms with van der Waals surface area (Å²) in [7, 11) is 5.81. The number of aromatic nitrogens is 2. The fourth-order valence-corrected chi connectivity index (χ4v) is 2.36. The van der Waals surface area contributed by atoms with E-state index in [4.69, 9.17) is 0 Å². The number of hydrogen-bond acceptors (Lipinski definition) is 3. The van der Waals surface area contributed by atoms with E-state index in [1.807, 2.05) is 38.2 Å². The standard InChI is InChI=1S/C15H30N6/c1-6-9-21(7-2)10-8-17-15(16-3)19(4)12-14-11-18-20(5)13-14/h11,13H,6-10,12H2,1-5H3,(H,16,17). The van der Waals surface area contributed by atoms with E-state index in [1.54, 1.807) is 0 Å². The highest BCUT2D eigenvalue weighted by atomic mass is 15.3. The maximum atomic E-state index is 4.35. The minimum atomic E-state index is 0.806. The molecule has 0 unspecified atom stereocenters. The Morgan fingerprint density at radius 1 is 1.38 bits per heavy atom. The van der Waals surface area contributed by atoms with E-state index < -0.39 is 0 Å². The Labute approximate surface area is 128 Å². The first-order valence-corrected chi connectivity index (χ1v) is 7.72. The lowest BCUT2D eigenvalue weighted by Crippen LogP contribution is -2.42. The van der Waals surface area contributed by atoms with Gasteiger partial charge < -0.3 is 15.1 Å². The summed E-state index contributed by atoms with van der Waals surface area (Å²) in [5.74, 6) is 0.923.